The molecule has 0 aromatic carbocycles. The Hall–Kier alpha value is -0.330. The summed E-state index contributed by atoms with van der Waals surface area (Å²) in [7, 11) is -2.94. The van der Waals surface area contributed by atoms with Crippen LogP contribution in [0.25, 0.3) is 0 Å². The molecule has 3 nitrogen and oxygen atoms in total. The van der Waals surface area contributed by atoms with Crippen LogP contribution in [0.1, 0.15) is 34.6 Å². The molecule has 0 saturated carbocycles. The molecule has 0 aliphatic heterocycles. The van der Waals surface area contributed by atoms with Crippen LogP contribution in [-0.4, -0.2) is 19.4 Å². The molecule has 0 amide bonds. The molecule has 0 heterocycles. The molecule has 0 fully saturated rings. The van der Waals surface area contributed by atoms with Gasteiger partial charge in [0.05, 0.1) is 19.4 Å². The Morgan fingerprint density at radius 3 is 2.06 bits per heavy atom. The van der Waals surface area contributed by atoms with Crippen molar-refractivity contribution in [1.82, 2.24) is 0 Å². The number of hydrogen-bond acceptors (Lipinski definition) is 3. The Morgan fingerprint density at radius 2 is 1.69 bits per heavy atom. The van der Waals surface area contributed by atoms with E-state index in [1.807, 2.05) is 6.08 Å². The van der Waals surface area contributed by atoms with Crippen LogP contribution in [0.15, 0.2) is 17.9 Å². The van der Waals surface area contributed by atoms with Gasteiger partial charge in [-0.25, -0.2) is 0 Å². The zero-order valence-corrected chi connectivity index (χ0v) is 11.8. The lowest BCUT2D eigenvalue weighted by Crippen LogP contribution is -1.99. The largest absolute Gasteiger partial charge is 0.335 e. The van der Waals surface area contributed by atoms with E-state index in [9.17, 15) is 4.57 Å². The van der Waals surface area contributed by atoms with E-state index < -0.39 is 7.60 Å². The van der Waals surface area contributed by atoms with Gasteiger partial charge in [0.15, 0.2) is 0 Å². The topological polar surface area (TPSA) is 35.5 Å². The Morgan fingerprint density at radius 1 is 1.19 bits per heavy atom. The highest BCUT2D eigenvalue weighted by atomic mass is 31.2. The van der Waals surface area contributed by atoms with Gasteiger partial charge in [0.25, 0.3) is 0 Å². The Balaban J connectivity index is 4.44. The zero-order valence-electron chi connectivity index (χ0n) is 10.9. The summed E-state index contributed by atoms with van der Waals surface area (Å²) in [4.78, 5) is 0. The third kappa shape index (κ3) is 7.90. The average Bonchev–Trinajstić information content (AvgIpc) is 2.12. The predicted octanol–water partition coefficient (Wildman–Crippen LogP) is 4.01. The molecular formula is C12H23O3P. The van der Waals surface area contributed by atoms with E-state index >= 15 is 0 Å². The number of allylic oxidation sites excluding steroid dienone is 1. The molecule has 0 aromatic heterocycles. The number of hydrogen-bond donors (Lipinski definition) is 0. The highest BCUT2D eigenvalue weighted by molar-refractivity contribution is 7.54. The van der Waals surface area contributed by atoms with Crippen LogP contribution in [0, 0.1) is 5.41 Å². The quantitative estimate of drug-likeness (QED) is 0.524. The minimum Gasteiger partial charge on any atom is -0.309 e. The molecular weight excluding hydrogens is 223 g/mol. The van der Waals surface area contributed by atoms with Crippen LogP contribution < -0.4 is 0 Å². The first kappa shape index (κ1) is 15.7. The van der Waals surface area contributed by atoms with Crippen LogP contribution >= 0.6 is 7.60 Å². The maximum atomic E-state index is 12.0. The van der Waals surface area contributed by atoms with Crippen LogP contribution in [0.5, 0.6) is 0 Å². The van der Waals surface area contributed by atoms with Crippen molar-refractivity contribution in [2.75, 3.05) is 19.4 Å². The lowest BCUT2D eigenvalue weighted by molar-refractivity contribution is 0.222. The summed E-state index contributed by atoms with van der Waals surface area (Å²) in [5, 5.41) is 0. The SMILES string of the molecule is CCOP(=O)(CC=C=CC(C)(C)C)OCC. The average molecular weight is 246 g/mol. The highest BCUT2D eigenvalue weighted by Gasteiger charge is 2.21. The Labute approximate surface area is 99.1 Å². The standard InChI is InChI=1S/C12H23O3P/c1-6-14-16(13,15-7-2)11-9-8-10-12(3,4)5/h9-10H,6-7,11H2,1-5H3. The molecule has 0 bridgehead atoms. The van der Waals surface area contributed by atoms with Gasteiger partial charge in [0, 0.05) is 0 Å². The zero-order chi connectivity index (χ0) is 12.7. The lowest BCUT2D eigenvalue weighted by atomic mass is 9.97. The molecule has 0 atom stereocenters. The minimum atomic E-state index is -2.94. The van der Waals surface area contributed by atoms with E-state index in [4.69, 9.17) is 9.05 Å². The molecule has 0 saturated heterocycles. The molecule has 94 valence electrons. The first-order valence-corrected chi connectivity index (χ1v) is 7.36. The van der Waals surface area contributed by atoms with Crippen molar-refractivity contribution < 1.29 is 13.6 Å². The maximum absolute atomic E-state index is 12.0. The van der Waals surface area contributed by atoms with Gasteiger partial charge < -0.3 is 9.05 Å². The van der Waals surface area contributed by atoms with Gasteiger partial charge in [0.2, 0.25) is 0 Å². The Bertz CT molecular complexity index is 286. The van der Waals surface area contributed by atoms with Gasteiger partial charge >= 0.3 is 7.60 Å². The fraction of sp³-hybridized carbons (Fsp3) is 0.750. The summed E-state index contributed by atoms with van der Waals surface area (Å²) in [6, 6.07) is 0. The molecule has 0 aliphatic rings. The van der Waals surface area contributed by atoms with Gasteiger partial charge in [-0.15, -0.1) is 5.73 Å². The summed E-state index contributed by atoms with van der Waals surface area (Å²) < 4.78 is 22.3. The predicted molar refractivity (Wildman–Crippen MR) is 67.8 cm³/mol. The van der Waals surface area contributed by atoms with Gasteiger partial charge in [-0.1, -0.05) is 20.8 Å². The molecule has 0 radical (unpaired) electrons. The normalized spacial score (nSPS) is 12.1. The van der Waals surface area contributed by atoms with E-state index in [1.165, 1.54) is 0 Å². The fourth-order valence-corrected chi connectivity index (χ4v) is 2.41. The second kappa shape index (κ2) is 7.09. The van der Waals surface area contributed by atoms with Crippen LogP contribution in [0.4, 0.5) is 0 Å². The third-order valence-corrected chi connectivity index (χ3v) is 3.53. The van der Waals surface area contributed by atoms with Gasteiger partial charge in [-0.3, -0.25) is 4.57 Å². The summed E-state index contributed by atoms with van der Waals surface area (Å²) in [6.07, 6.45) is 3.94. The molecule has 0 unspecified atom stereocenters. The Kier molecular flexibility index (Phi) is 6.94. The fourth-order valence-electron chi connectivity index (χ4n) is 1.01. The first-order chi connectivity index (χ1) is 7.33. The van der Waals surface area contributed by atoms with E-state index in [1.54, 1.807) is 19.9 Å². The molecule has 0 spiro atoms. The second-order valence-corrected chi connectivity index (χ2v) is 6.61. The smallest absolute Gasteiger partial charge is 0.309 e. The van der Waals surface area contributed by atoms with Crippen molar-refractivity contribution in [2.24, 2.45) is 5.41 Å². The summed E-state index contributed by atoms with van der Waals surface area (Å²) in [5.74, 6) is 0. The van der Waals surface area contributed by atoms with E-state index in [2.05, 4.69) is 26.5 Å². The van der Waals surface area contributed by atoms with Gasteiger partial charge in [-0.05, 0) is 31.4 Å². The van der Waals surface area contributed by atoms with Gasteiger partial charge in [0.1, 0.15) is 0 Å². The maximum Gasteiger partial charge on any atom is 0.335 e. The van der Waals surface area contributed by atoms with Crippen molar-refractivity contribution in [3.8, 4) is 0 Å². The molecule has 0 rings (SSSR count). The molecule has 0 aromatic rings. The van der Waals surface area contributed by atoms with Gasteiger partial charge in [-0.2, -0.15) is 0 Å². The molecule has 4 heteroatoms. The number of rotatable bonds is 6. The van der Waals surface area contributed by atoms with Crippen molar-refractivity contribution in [3.63, 3.8) is 0 Å². The van der Waals surface area contributed by atoms with Crippen molar-refractivity contribution in [2.45, 2.75) is 34.6 Å². The first-order valence-electron chi connectivity index (χ1n) is 5.63. The summed E-state index contributed by atoms with van der Waals surface area (Å²) in [5.41, 5.74) is 3.10. The van der Waals surface area contributed by atoms with Crippen molar-refractivity contribution >= 4 is 7.60 Å². The van der Waals surface area contributed by atoms with E-state index in [0.717, 1.165) is 0 Å². The highest BCUT2D eigenvalue weighted by Crippen LogP contribution is 2.47. The summed E-state index contributed by atoms with van der Waals surface area (Å²) in [6.45, 7) is 10.7. The third-order valence-electron chi connectivity index (χ3n) is 1.60. The van der Waals surface area contributed by atoms with Crippen molar-refractivity contribution in [3.05, 3.63) is 17.9 Å². The van der Waals surface area contributed by atoms with Crippen LogP contribution in [0.2, 0.25) is 0 Å². The monoisotopic (exact) mass is 246 g/mol. The molecule has 0 aliphatic carbocycles. The molecule has 0 N–H and O–H groups in total. The van der Waals surface area contributed by atoms with Crippen LogP contribution in [-0.2, 0) is 13.6 Å². The second-order valence-electron chi connectivity index (χ2n) is 4.51. The summed E-state index contributed by atoms with van der Waals surface area (Å²) >= 11 is 0. The van der Waals surface area contributed by atoms with Crippen LogP contribution in [0.3, 0.4) is 0 Å². The van der Waals surface area contributed by atoms with E-state index in [-0.39, 0.29) is 11.6 Å². The lowest BCUT2D eigenvalue weighted by Gasteiger charge is -2.14. The van der Waals surface area contributed by atoms with E-state index in [0.29, 0.717) is 13.2 Å². The molecule has 16 heavy (non-hydrogen) atoms. The van der Waals surface area contributed by atoms with Crippen molar-refractivity contribution in [1.29, 1.82) is 0 Å². The minimum absolute atomic E-state index is 0.0811.